The summed E-state index contributed by atoms with van der Waals surface area (Å²) in [7, 11) is 0. The second-order valence-corrected chi connectivity index (χ2v) is 5.37. The number of aryl methyl sites for hydroxylation is 2. The number of benzene rings is 1. The van der Waals surface area contributed by atoms with Gasteiger partial charge in [0.15, 0.2) is 0 Å². The number of unbranched alkanes of at least 4 members (excludes halogenated alkanes) is 1. The normalized spacial score (nSPS) is 10.3. The van der Waals surface area contributed by atoms with Gasteiger partial charge in [0.2, 0.25) is 0 Å². The fourth-order valence-corrected chi connectivity index (χ4v) is 2.26. The molecule has 1 aromatic rings. The molecule has 0 aromatic heterocycles. The summed E-state index contributed by atoms with van der Waals surface area (Å²) in [6, 6.07) is 5.79. The van der Waals surface area contributed by atoms with E-state index >= 15 is 0 Å². The molecule has 0 saturated heterocycles. The van der Waals surface area contributed by atoms with Crippen LogP contribution in [0.3, 0.4) is 0 Å². The SMILES string of the molecule is CCCCN(CCC)C(=O)C(=O)Nc1c(C)cccc1C. The van der Waals surface area contributed by atoms with Gasteiger partial charge in [0.25, 0.3) is 0 Å². The van der Waals surface area contributed by atoms with E-state index < -0.39 is 11.8 Å². The van der Waals surface area contributed by atoms with Crippen LogP contribution in [-0.2, 0) is 9.59 Å². The van der Waals surface area contributed by atoms with Crippen molar-refractivity contribution >= 4 is 17.5 Å². The predicted molar refractivity (Wildman–Crippen MR) is 86.3 cm³/mol. The van der Waals surface area contributed by atoms with Gasteiger partial charge in [-0.3, -0.25) is 9.59 Å². The maximum atomic E-state index is 12.3. The van der Waals surface area contributed by atoms with Crippen molar-refractivity contribution < 1.29 is 9.59 Å². The molecule has 0 heterocycles. The number of anilines is 1. The molecule has 1 aromatic carbocycles. The minimum Gasteiger partial charge on any atom is -0.334 e. The Balaban J connectivity index is 2.79. The van der Waals surface area contributed by atoms with Gasteiger partial charge in [-0.05, 0) is 37.8 Å². The minimum absolute atomic E-state index is 0.437. The number of para-hydroxylation sites is 1. The van der Waals surface area contributed by atoms with Crippen molar-refractivity contribution in [3.63, 3.8) is 0 Å². The van der Waals surface area contributed by atoms with Crippen LogP contribution in [0.2, 0.25) is 0 Å². The molecule has 4 heteroatoms. The van der Waals surface area contributed by atoms with E-state index in [1.165, 1.54) is 0 Å². The first kappa shape index (κ1) is 17.2. The van der Waals surface area contributed by atoms with Crippen LogP contribution in [-0.4, -0.2) is 29.8 Å². The van der Waals surface area contributed by atoms with Gasteiger partial charge in [0, 0.05) is 18.8 Å². The molecule has 2 amide bonds. The maximum absolute atomic E-state index is 12.3. The Labute approximate surface area is 127 Å². The highest BCUT2D eigenvalue weighted by Crippen LogP contribution is 2.19. The summed E-state index contributed by atoms with van der Waals surface area (Å²) in [6.45, 7) is 9.20. The van der Waals surface area contributed by atoms with Gasteiger partial charge in [-0.25, -0.2) is 0 Å². The zero-order valence-corrected chi connectivity index (χ0v) is 13.5. The Morgan fingerprint density at radius 2 is 1.67 bits per heavy atom. The third-order valence-electron chi connectivity index (χ3n) is 3.48. The Bertz CT molecular complexity index is 477. The number of nitrogens with one attached hydrogen (secondary N) is 1. The number of hydrogen-bond acceptors (Lipinski definition) is 2. The highest BCUT2D eigenvalue weighted by molar-refractivity contribution is 6.39. The van der Waals surface area contributed by atoms with Gasteiger partial charge in [0.05, 0.1) is 0 Å². The number of carbonyl (C=O) groups excluding carboxylic acids is 2. The highest BCUT2D eigenvalue weighted by atomic mass is 16.2. The van der Waals surface area contributed by atoms with Gasteiger partial charge in [-0.2, -0.15) is 0 Å². The van der Waals surface area contributed by atoms with Crippen LogP contribution < -0.4 is 5.32 Å². The molecule has 21 heavy (non-hydrogen) atoms. The van der Waals surface area contributed by atoms with Gasteiger partial charge in [-0.1, -0.05) is 38.5 Å². The van der Waals surface area contributed by atoms with E-state index in [1.807, 2.05) is 39.0 Å². The summed E-state index contributed by atoms with van der Waals surface area (Å²) >= 11 is 0. The molecular weight excluding hydrogens is 264 g/mol. The van der Waals surface area contributed by atoms with Crippen LogP contribution in [0.25, 0.3) is 0 Å². The third kappa shape index (κ3) is 4.88. The highest BCUT2D eigenvalue weighted by Gasteiger charge is 2.21. The number of hydrogen-bond donors (Lipinski definition) is 1. The van der Waals surface area contributed by atoms with Crippen LogP contribution in [0.15, 0.2) is 18.2 Å². The number of carbonyl (C=O) groups is 2. The van der Waals surface area contributed by atoms with Crippen molar-refractivity contribution in [2.75, 3.05) is 18.4 Å². The maximum Gasteiger partial charge on any atom is 0.313 e. The van der Waals surface area contributed by atoms with Crippen molar-refractivity contribution in [1.82, 2.24) is 4.90 Å². The van der Waals surface area contributed by atoms with Gasteiger partial charge >= 0.3 is 11.8 Å². The molecule has 1 rings (SSSR count). The number of amides is 2. The largest absolute Gasteiger partial charge is 0.334 e. The quantitative estimate of drug-likeness (QED) is 0.817. The first-order valence-corrected chi connectivity index (χ1v) is 7.67. The van der Waals surface area contributed by atoms with Crippen molar-refractivity contribution in [2.24, 2.45) is 0 Å². The predicted octanol–water partition coefficient (Wildman–Crippen LogP) is 3.28. The monoisotopic (exact) mass is 290 g/mol. The molecule has 0 atom stereocenters. The van der Waals surface area contributed by atoms with Gasteiger partial charge < -0.3 is 10.2 Å². The zero-order valence-electron chi connectivity index (χ0n) is 13.5. The lowest BCUT2D eigenvalue weighted by Gasteiger charge is -2.21. The fraction of sp³-hybridized carbons (Fsp3) is 0.529. The van der Waals surface area contributed by atoms with E-state index in [1.54, 1.807) is 4.90 Å². The lowest BCUT2D eigenvalue weighted by molar-refractivity contribution is -0.143. The van der Waals surface area contributed by atoms with E-state index in [4.69, 9.17) is 0 Å². The van der Waals surface area contributed by atoms with E-state index in [2.05, 4.69) is 12.2 Å². The van der Waals surface area contributed by atoms with Crippen molar-refractivity contribution in [1.29, 1.82) is 0 Å². The Kier molecular flexibility index (Phi) is 6.92. The molecule has 4 nitrogen and oxygen atoms in total. The molecule has 0 spiro atoms. The first-order valence-electron chi connectivity index (χ1n) is 7.67. The molecule has 0 saturated carbocycles. The van der Waals surface area contributed by atoms with Crippen molar-refractivity contribution in [3.05, 3.63) is 29.3 Å². The smallest absolute Gasteiger partial charge is 0.313 e. The summed E-state index contributed by atoms with van der Waals surface area (Å²) < 4.78 is 0. The summed E-state index contributed by atoms with van der Waals surface area (Å²) in [6.07, 6.45) is 2.78. The van der Waals surface area contributed by atoms with Crippen molar-refractivity contribution in [3.8, 4) is 0 Å². The Morgan fingerprint density at radius 1 is 1.05 bits per heavy atom. The minimum atomic E-state index is -0.544. The van der Waals surface area contributed by atoms with E-state index in [9.17, 15) is 9.59 Å². The zero-order chi connectivity index (χ0) is 15.8. The van der Waals surface area contributed by atoms with Crippen LogP contribution in [0.1, 0.15) is 44.2 Å². The standard InChI is InChI=1S/C17H26N2O2/c1-5-7-12-19(11-6-2)17(21)16(20)18-15-13(3)9-8-10-14(15)4/h8-10H,5-7,11-12H2,1-4H3,(H,18,20). The summed E-state index contributed by atoms with van der Waals surface area (Å²) in [5.41, 5.74) is 2.67. The summed E-state index contributed by atoms with van der Waals surface area (Å²) in [4.78, 5) is 26.1. The fourth-order valence-electron chi connectivity index (χ4n) is 2.26. The van der Waals surface area contributed by atoms with E-state index in [0.717, 1.165) is 36.1 Å². The first-order chi connectivity index (χ1) is 10.0. The second kappa shape index (κ2) is 8.45. The average Bonchev–Trinajstić information content (AvgIpc) is 2.46. The van der Waals surface area contributed by atoms with Gasteiger partial charge in [-0.15, -0.1) is 0 Å². The molecule has 0 radical (unpaired) electrons. The molecule has 0 aliphatic rings. The summed E-state index contributed by atoms with van der Waals surface area (Å²) in [5.74, 6) is -0.982. The van der Waals surface area contributed by atoms with E-state index in [0.29, 0.717) is 13.1 Å². The lowest BCUT2D eigenvalue weighted by atomic mass is 10.1. The molecule has 116 valence electrons. The topological polar surface area (TPSA) is 49.4 Å². The molecular formula is C17H26N2O2. The van der Waals surface area contributed by atoms with E-state index in [-0.39, 0.29) is 0 Å². The molecule has 0 fully saturated rings. The lowest BCUT2D eigenvalue weighted by Crippen LogP contribution is -2.40. The summed E-state index contributed by atoms with van der Waals surface area (Å²) in [5, 5.41) is 2.76. The van der Waals surface area contributed by atoms with Gasteiger partial charge in [0.1, 0.15) is 0 Å². The Morgan fingerprint density at radius 3 is 2.19 bits per heavy atom. The van der Waals surface area contributed by atoms with Crippen LogP contribution in [0, 0.1) is 13.8 Å². The molecule has 1 N–H and O–H groups in total. The molecule has 0 unspecified atom stereocenters. The van der Waals surface area contributed by atoms with Crippen LogP contribution >= 0.6 is 0 Å². The Hall–Kier alpha value is -1.84. The molecule has 0 aliphatic carbocycles. The number of nitrogens with zero attached hydrogens (tertiary/aromatic N) is 1. The van der Waals surface area contributed by atoms with Crippen LogP contribution in [0.4, 0.5) is 5.69 Å². The number of rotatable bonds is 6. The second-order valence-electron chi connectivity index (χ2n) is 5.37. The van der Waals surface area contributed by atoms with Crippen molar-refractivity contribution in [2.45, 2.75) is 47.0 Å². The molecule has 0 aliphatic heterocycles. The third-order valence-corrected chi connectivity index (χ3v) is 3.48. The average molecular weight is 290 g/mol. The molecule has 0 bridgehead atoms. The van der Waals surface area contributed by atoms with Crippen LogP contribution in [0.5, 0.6) is 0 Å².